The second-order valence-corrected chi connectivity index (χ2v) is 18.2. The standard InChI is InChI=1S/C55H102O6/c1-4-7-10-13-16-19-22-25-27-28-31-33-36-39-42-45-48-54(57)60-51-52(50-59-53(56)47-44-41-38-35-32-29-24-21-18-15-12-9-6-3)61-55(58)49-46-43-40-37-34-30-26-23-20-17-14-11-8-5-2/h19,22,27-28,52H,4-18,20-21,23-26,29-51H2,1-3H3/b22-19-,28-27-. The Balaban J connectivity index is 4.35. The van der Waals surface area contributed by atoms with Crippen LogP contribution in [-0.2, 0) is 28.6 Å². The van der Waals surface area contributed by atoms with E-state index in [1.165, 1.54) is 173 Å². The van der Waals surface area contributed by atoms with Gasteiger partial charge in [-0.1, -0.05) is 244 Å². The number of carbonyl (C=O) groups is 3. The molecule has 0 aliphatic carbocycles. The maximum atomic E-state index is 12.8. The Morgan fingerprint density at radius 3 is 0.918 bits per heavy atom. The highest BCUT2D eigenvalue weighted by molar-refractivity contribution is 5.71. The summed E-state index contributed by atoms with van der Waals surface area (Å²) in [6, 6.07) is 0. The lowest BCUT2D eigenvalue weighted by Gasteiger charge is -2.18. The Kier molecular flexibility index (Phi) is 48.8. The van der Waals surface area contributed by atoms with Crippen LogP contribution >= 0.6 is 0 Å². The topological polar surface area (TPSA) is 78.9 Å². The molecule has 0 rings (SSSR count). The van der Waals surface area contributed by atoms with Gasteiger partial charge < -0.3 is 14.2 Å². The molecule has 0 saturated carbocycles. The van der Waals surface area contributed by atoms with Gasteiger partial charge in [0, 0.05) is 19.3 Å². The Morgan fingerprint density at radius 2 is 0.590 bits per heavy atom. The van der Waals surface area contributed by atoms with Crippen LogP contribution in [0.3, 0.4) is 0 Å². The van der Waals surface area contributed by atoms with E-state index in [0.29, 0.717) is 19.3 Å². The Bertz CT molecular complexity index is 989. The normalized spacial score (nSPS) is 12.1. The molecular weight excluding hydrogens is 757 g/mol. The van der Waals surface area contributed by atoms with Crippen LogP contribution in [0.4, 0.5) is 0 Å². The number of carbonyl (C=O) groups excluding carboxylic acids is 3. The monoisotopic (exact) mass is 859 g/mol. The zero-order valence-corrected chi connectivity index (χ0v) is 40.9. The predicted molar refractivity (Wildman–Crippen MR) is 261 cm³/mol. The average Bonchev–Trinajstić information content (AvgIpc) is 3.26. The quantitative estimate of drug-likeness (QED) is 0.0262. The van der Waals surface area contributed by atoms with Crippen LogP contribution in [0.1, 0.15) is 290 Å². The minimum atomic E-state index is -0.770. The van der Waals surface area contributed by atoms with E-state index in [-0.39, 0.29) is 31.1 Å². The van der Waals surface area contributed by atoms with E-state index in [0.717, 1.165) is 77.0 Å². The average molecular weight is 859 g/mol. The first-order valence-corrected chi connectivity index (χ1v) is 26.8. The van der Waals surface area contributed by atoms with Crippen LogP contribution in [0.15, 0.2) is 24.3 Å². The molecule has 1 atom stereocenters. The maximum absolute atomic E-state index is 12.8. The molecule has 0 bridgehead atoms. The lowest BCUT2D eigenvalue weighted by atomic mass is 10.0. The first-order valence-electron chi connectivity index (χ1n) is 26.8. The molecule has 358 valence electrons. The number of rotatable bonds is 49. The first kappa shape index (κ1) is 58.9. The summed E-state index contributed by atoms with van der Waals surface area (Å²) in [6.07, 6.45) is 57.3. The molecule has 0 aromatic carbocycles. The van der Waals surface area contributed by atoms with E-state index in [9.17, 15) is 14.4 Å². The van der Waals surface area contributed by atoms with Crippen molar-refractivity contribution in [2.24, 2.45) is 0 Å². The molecule has 6 nitrogen and oxygen atoms in total. The van der Waals surface area contributed by atoms with Crippen molar-refractivity contribution in [1.29, 1.82) is 0 Å². The van der Waals surface area contributed by atoms with Crippen molar-refractivity contribution in [1.82, 2.24) is 0 Å². The molecule has 0 fully saturated rings. The van der Waals surface area contributed by atoms with Gasteiger partial charge in [-0.25, -0.2) is 0 Å². The fourth-order valence-electron chi connectivity index (χ4n) is 7.89. The molecule has 0 heterocycles. The largest absolute Gasteiger partial charge is 0.462 e. The van der Waals surface area contributed by atoms with Gasteiger partial charge in [-0.05, 0) is 51.4 Å². The van der Waals surface area contributed by atoms with E-state index < -0.39 is 6.10 Å². The molecule has 1 unspecified atom stereocenters. The second kappa shape index (κ2) is 50.5. The van der Waals surface area contributed by atoms with E-state index >= 15 is 0 Å². The third kappa shape index (κ3) is 48.8. The van der Waals surface area contributed by atoms with Gasteiger partial charge in [0.2, 0.25) is 0 Å². The Morgan fingerprint density at radius 1 is 0.328 bits per heavy atom. The highest BCUT2D eigenvalue weighted by Gasteiger charge is 2.19. The third-order valence-electron chi connectivity index (χ3n) is 12.0. The van der Waals surface area contributed by atoms with Crippen molar-refractivity contribution in [3.63, 3.8) is 0 Å². The van der Waals surface area contributed by atoms with Crippen LogP contribution in [0, 0.1) is 0 Å². The molecule has 0 aliphatic rings. The molecule has 0 radical (unpaired) electrons. The highest BCUT2D eigenvalue weighted by Crippen LogP contribution is 2.16. The minimum absolute atomic E-state index is 0.0706. The van der Waals surface area contributed by atoms with Crippen molar-refractivity contribution >= 4 is 17.9 Å². The number of unbranched alkanes of at least 4 members (excludes halogenated alkanes) is 34. The van der Waals surface area contributed by atoms with Crippen molar-refractivity contribution in [2.75, 3.05) is 13.2 Å². The van der Waals surface area contributed by atoms with Crippen molar-refractivity contribution in [3.05, 3.63) is 24.3 Å². The summed E-state index contributed by atoms with van der Waals surface area (Å²) in [5.74, 6) is -0.868. The molecule has 0 aromatic heterocycles. The lowest BCUT2D eigenvalue weighted by Crippen LogP contribution is -2.30. The van der Waals surface area contributed by atoms with Crippen molar-refractivity contribution in [3.8, 4) is 0 Å². The number of hydrogen-bond donors (Lipinski definition) is 0. The number of hydrogen-bond acceptors (Lipinski definition) is 6. The summed E-state index contributed by atoms with van der Waals surface area (Å²) in [7, 11) is 0. The smallest absolute Gasteiger partial charge is 0.306 e. The summed E-state index contributed by atoms with van der Waals surface area (Å²) in [4.78, 5) is 38.0. The summed E-state index contributed by atoms with van der Waals surface area (Å²) in [5.41, 5.74) is 0. The molecule has 0 N–H and O–H groups in total. The molecule has 0 spiro atoms. The van der Waals surface area contributed by atoms with E-state index in [2.05, 4.69) is 45.1 Å². The van der Waals surface area contributed by atoms with Gasteiger partial charge in [-0.3, -0.25) is 14.4 Å². The van der Waals surface area contributed by atoms with E-state index in [4.69, 9.17) is 14.2 Å². The lowest BCUT2D eigenvalue weighted by molar-refractivity contribution is -0.167. The van der Waals surface area contributed by atoms with Crippen LogP contribution in [0.5, 0.6) is 0 Å². The zero-order valence-electron chi connectivity index (χ0n) is 40.9. The molecule has 0 aromatic rings. The van der Waals surface area contributed by atoms with Crippen molar-refractivity contribution in [2.45, 2.75) is 297 Å². The number of esters is 3. The number of allylic oxidation sites excluding steroid dienone is 4. The van der Waals surface area contributed by atoms with Gasteiger partial charge in [0.05, 0.1) is 0 Å². The third-order valence-corrected chi connectivity index (χ3v) is 12.0. The summed E-state index contributed by atoms with van der Waals surface area (Å²) in [6.45, 7) is 6.64. The predicted octanol–water partition coefficient (Wildman–Crippen LogP) is 17.5. The molecule has 6 heteroatoms. The summed E-state index contributed by atoms with van der Waals surface area (Å²) in [5, 5.41) is 0. The Hall–Kier alpha value is -2.11. The molecule has 0 amide bonds. The van der Waals surface area contributed by atoms with Crippen LogP contribution in [-0.4, -0.2) is 37.2 Å². The Labute approximate surface area is 379 Å². The second-order valence-electron chi connectivity index (χ2n) is 18.2. The van der Waals surface area contributed by atoms with Gasteiger partial charge in [0.25, 0.3) is 0 Å². The van der Waals surface area contributed by atoms with Gasteiger partial charge in [0.15, 0.2) is 6.10 Å². The highest BCUT2D eigenvalue weighted by atomic mass is 16.6. The van der Waals surface area contributed by atoms with Crippen molar-refractivity contribution < 1.29 is 28.6 Å². The number of ether oxygens (including phenoxy) is 3. The minimum Gasteiger partial charge on any atom is -0.462 e. The van der Waals surface area contributed by atoms with Gasteiger partial charge >= 0.3 is 17.9 Å². The summed E-state index contributed by atoms with van der Waals surface area (Å²) >= 11 is 0. The van der Waals surface area contributed by atoms with Gasteiger partial charge in [0.1, 0.15) is 13.2 Å². The summed E-state index contributed by atoms with van der Waals surface area (Å²) < 4.78 is 16.8. The van der Waals surface area contributed by atoms with E-state index in [1.54, 1.807) is 0 Å². The van der Waals surface area contributed by atoms with Crippen LogP contribution in [0.25, 0.3) is 0 Å². The van der Waals surface area contributed by atoms with E-state index in [1.807, 2.05) is 0 Å². The molecule has 0 aliphatic heterocycles. The molecule has 0 saturated heterocycles. The van der Waals surface area contributed by atoms with Gasteiger partial charge in [-0.2, -0.15) is 0 Å². The fourth-order valence-corrected chi connectivity index (χ4v) is 7.89. The maximum Gasteiger partial charge on any atom is 0.306 e. The van der Waals surface area contributed by atoms with Crippen LogP contribution in [0.2, 0.25) is 0 Å². The fraction of sp³-hybridized carbons (Fsp3) is 0.873. The molecule has 61 heavy (non-hydrogen) atoms. The first-order chi connectivity index (χ1) is 30.0. The van der Waals surface area contributed by atoms with Crippen LogP contribution < -0.4 is 0 Å². The zero-order chi connectivity index (χ0) is 44.4. The SMILES string of the molecule is CCCCCC/C=C\C/C=C\CCCCCCCC(=O)OCC(COC(=O)CCCCCCCCCCCCCCC)OC(=O)CCCCCCCCCCCCCCCC. The molecular formula is C55H102O6. The van der Waals surface area contributed by atoms with Gasteiger partial charge in [-0.15, -0.1) is 0 Å².